The average Bonchev–Trinajstić information content (AvgIpc) is 2.76. The third-order valence-corrected chi connectivity index (χ3v) is 6.83. The summed E-state index contributed by atoms with van der Waals surface area (Å²) in [6.07, 6.45) is 17.7. The minimum atomic E-state index is 1.22. The summed E-state index contributed by atoms with van der Waals surface area (Å²) in [5.41, 5.74) is 4.15. The molecular weight excluding hydrogens is 368 g/mol. The van der Waals surface area contributed by atoms with Gasteiger partial charge in [-0.2, -0.15) is 0 Å². The summed E-state index contributed by atoms with van der Waals surface area (Å²) in [5.74, 6) is 1.25. The summed E-state index contributed by atoms with van der Waals surface area (Å²) < 4.78 is 0. The summed E-state index contributed by atoms with van der Waals surface area (Å²) >= 11 is 2.01. The van der Waals surface area contributed by atoms with Crippen molar-refractivity contribution >= 4 is 11.8 Å². The highest BCUT2D eigenvalue weighted by molar-refractivity contribution is 7.99. The highest BCUT2D eigenvalue weighted by Gasteiger charge is 2.01. The summed E-state index contributed by atoms with van der Waals surface area (Å²) in [4.78, 5) is 1.40. The van der Waals surface area contributed by atoms with Gasteiger partial charge < -0.3 is 0 Å². The number of thioether (sulfide) groups is 1. The second kappa shape index (κ2) is 15.6. The molecule has 29 heavy (non-hydrogen) atoms. The van der Waals surface area contributed by atoms with Crippen LogP contribution in [0.25, 0.3) is 11.1 Å². The van der Waals surface area contributed by atoms with Crippen LogP contribution in [0.5, 0.6) is 0 Å². The normalized spacial score (nSPS) is 11.1. The van der Waals surface area contributed by atoms with Gasteiger partial charge in [0.2, 0.25) is 0 Å². The van der Waals surface area contributed by atoms with E-state index in [-0.39, 0.29) is 0 Å². The molecule has 0 nitrogen and oxygen atoms in total. The van der Waals surface area contributed by atoms with E-state index in [2.05, 4.69) is 62.4 Å². The largest absolute Gasteiger partial charge is 0.126 e. The molecule has 0 saturated carbocycles. The van der Waals surface area contributed by atoms with Gasteiger partial charge in [0, 0.05) is 4.90 Å². The average molecular weight is 411 g/mol. The van der Waals surface area contributed by atoms with Crippen molar-refractivity contribution in [3.63, 3.8) is 0 Å². The molecule has 0 saturated heterocycles. The van der Waals surface area contributed by atoms with Crippen LogP contribution < -0.4 is 0 Å². The third kappa shape index (κ3) is 10.4. The van der Waals surface area contributed by atoms with E-state index in [4.69, 9.17) is 0 Å². The highest BCUT2D eigenvalue weighted by Crippen LogP contribution is 2.26. The number of benzene rings is 2. The van der Waals surface area contributed by atoms with Gasteiger partial charge in [0.25, 0.3) is 0 Å². The zero-order valence-electron chi connectivity index (χ0n) is 18.9. The molecule has 0 fully saturated rings. The number of hydrogen-bond acceptors (Lipinski definition) is 1. The van der Waals surface area contributed by atoms with Crippen molar-refractivity contribution in [2.75, 3.05) is 5.75 Å². The minimum Gasteiger partial charge on any atom is -0.126 e. The van der Waals surface area contributed by atoms with Crippen molar-refractivity contribution in [1.29, 1.82) is 0 Å². The van der Waals surface area contributed by atoms with E-state index in [1.165, 1.54) is 111 Å². The Labute approximate surface area is 184 Å². The number of rotatable bonds is 16. The fourth-order valence-corrected chi connectivity index (χ4v) is 4.70. The van der Waals surface area contributed by atoms with E-state index in [0.29, 0.717) is 0 Å². The molecular formula is C28H42S. The van der Waals surface area contributed by atoms with Crippen molar-refractivity contribution in [3.05, 3.63) is 54.1 Å². The predicted molar refractivity (Wildman–Crippen MR) is 133 cm³/mol. The lowest BCUT2D eigenvalue weighted by Crippen LogP contribution is -1.87. The molecule has 1 heteroatoms. The topological polar surface area (TPSA) is 0 Å². The Balaban J connectivity index is 1.68. The Morgan fingerprint density at radius 2 is 1.00 bits per heavy atom. The van der Waals surface area contributed by atoms with Gasteiger partial charge in [-0.1, -0.05) is 114 Å². The van der Waals surface area contributed by atoms with E-state index in [1.54, 1.807) is 0 Å². The summed E-state index contributed by atoms with van der Waals surface area (Å²) in [6, 6.07) is 18.4. The van der Waals surface area contributed by atoms with Crippen LogP contribution in [0.2, 0.25) is 0 Å². The molecule has 2 aromatic rings. The first kappa shape index (κ1) is 24.1. The van der Waals surface area contributed by atoms with Crippen molar-refractivity contribution in [3.8, 4) is 11.1 Å². The molecule has 0 unspecified atom stereocenters. The summed E-state index contributed by atoms with van der Waals surface area (Å²) in [5, 5.41) is 0. The maximum atomic E-state index is 2.32. The monoisotopic (exact) mass is 410 g/mol. The smallest absolute Gasteiger partial charge is 0.00723 e. The van der Waals surface area contributed by atoms with Crippen molar-refractivity contribution in [2.24, 2.45) is 0 Å². The lowest BCUT2D eigenvalue weighted by Gasteiger charge is -2.07. The van der Waals surface area contributed by atoms with Gasteiger partial charge in [-0.15, -0.1) is 11.8 Å². The molecule has 0 aromatic heterocycles. The predicted octanol–water partition coefficient (Wildman–Crippen LogP) is 9.71. The van der Waals surface area contributed by atoms with E-state index in [1.807, 2.05) is 11.8 Å². The number of hydrogen-bond donors (Lipinski definition) is 0. The lowest BCUT2D eigenvalue weighted by molar-refractivity contribution is 0.607. The van der Waals surface area contributed by atoms with Crippen LogP contribution in [0.1, 0.15) is 96.5 Å². The highest BCUT2D eigenvalue weighted by atomic mass is 32.2. The Morgan fingerprint density at radius 3 is 1.59 bits per heavy atom. The maximum absolute atomic E-state index is 2.32. The number of unbranched alkanes of at least 4 members (excludes halogenated alkanes) is 10. The molecule has 0 aliphatic rings. The SMILES string of the molecule is CCCCCCCCSc1ccc(-c2ccc(CCCCCCCC)cc2)cc1. The minimum absolute atomic E-state index is 1.22. The van der Waals surface area contributed by atoms with Crippen LogP contribution in [-0.2, 0) is 6.42 Å². The van der Waals surface area contributed by atoms with Gasteiger partial charge in [-0.05, 0) is 53.8 Å². The molecule has 0 bridgehead atoms. The van der Waals surface area contributed by atoms with Crippen LogP contribution >= 0.6 is 11.8 Å². The van der Waals surface area contributed by atoms with Crippen molar-refractivity contribution < 1.29 is 0 Å². The zero-order chi connectivity index (χ0) is 20.6. The fraction of sp³-hybridized carbons (Fsp3) is 0.571. The molecule has 2 aromatic carbocycles. The van der Waals surface area contributed by atoms with Gasteiger partial charge in [-0.3, -0.25) is 0 Å². The zero-order valence-corrected chi connectivity index (χ0v) is 19.7. The van der Waals surface area contributed by atoms with Crippen molar-refractivity contribution in [1.82, 2.24) is 0 Å². The Morgan fingerprint density at radius 1 is 0.517 bits per heavy atom. The molecule has 0 atom stereocenters. The molecule has 0 amide bonds. The Hall–Kier alpha value is -1.21. The fourth-order valence-electron chi connectivity index (χ4n) is 3.79. The first-order chi connectivity index (χ1) is 14.3. The number of aryl methyl sites for hydroxylation is 1. The van der Waals surface area contributed by atoms with Gasteiger partial charge in [-0.25, -0.2) is 0 Å². The molecule has 0 aliphatic heterocycles. The molecule has 2 rings (SSSR count). The van der Waals surface area contributed by atoms with Gasteiger partial charge in [0.1, 0.15) is 0 Å². The lowest BCUT2D eigenvalue weighted by atomic mass is 10.0. The van der Waals surface area contributed by atoms with E-state index >= 15 is 0 Å². The Kier molecular flexibility index (Phi) is 12.9. The van der Waals surface area contributed by atoms with Gasteiger partial charge >= 0.3 is 0 Å². The first-order valence-electron chi connectivity index (χ1n) is 12.2. The maximum Gasteiger partial charge on any atom is 0.00723 e. The van der Waals surface area contributed by atoms with Crippen LogP contribution in [0.15, 0.2) is 53.4 Å². The first-order valence-corrected chi connectivity index (χ1v) is 13.1. The second-order valence-electron chi connectivity index (χ2n) is 8.36. The molecule has 0 aliphatic carbocycles. The van der Waals surface area contributed by atoms with Gasteiger partial charge in [0.15, 0.2) is 0 Å². The van der Waals surface area contributed by atoms with E-state index in [9.17, 15) is 0 Å². The Bertz CT molecular complexity index is 626. The summed E-state index contributed by atoms with van der Waals surface area (Å²) in [6.45, 7) is 4.56. The molecule has 0 N–H and O–H groups in total. The van der Waals surface area contributed by atoms with Crippen molar-refractivity contribution in [2.45, 2.75) is 102 Å². The quantitative estimate of drug-likeness (QED) is 0.196. The summed E-state index contributed by atoms with van der Waals surface area (Å²) in [7, 11) is 0. The molecule has 0 spiro atoms. The second-order valence-corrected chi connectivity index (χ2v) is 9.52. The molecule has 0 heterocycles. The van der Waals surface area contributed by atoms with E-state index in [0.717, 1.165) is 0 Å². The molecule has 160 valence electrons. The molecule has 0 radical (unpaired) electrons. The van der Waals surface area contributed by atoms with Crippen LogP contribution in [-0.4, -0.2) is 5.75 Å². The van der Waals surface area contributed by atoms with E-state index < -0.39 is 0 Å². The third-order valence-electron chi connectivity index (χ3n) is 5.73. The standard InChI is InChI=1S/C28H42S/c1-3-5-7-9-11-13-15-25-16-18-26(19-17-25)27-20-22-28(23-21-27)29-24-14-12-10-8-6-4-2/h16-23H,3-15,24H2,1-2H3. The van der Waals surface area contributed by atoms with Crippen LogP contribution in [0, 0.1) is 0 Å². The van der Waals surface area contributed by atoms with Crippen LogP contribution in [0.4, 0.5) is 0 Å². The van der Waals surface area contributed by atoms with Gasteiger partial charge in [0.05, 0.1) is 0 Å². The van der Waals surface area contributed by atoms with Crippen LogP contribution in [0.3, 0.4) is 0 Å².